The lowest BCUT2D eigenvalue weighted by molar-refractivity contribution is -0.147. The second-order valence-electron chi connectivity index (χ2n) is 8.24. The van der Waals surface area contributed by atoms with Crippen LogP contribution in [0.5, 0.6) is 0 Å². The van der Waals surface area contributed by atoms with Crippen molar-refractivity contribution in [1.29, 1.82) is 0 Å². The van der Waals surface area contributed by atoms with Crippen LogP contribution < -0.4 is 11.1 Å². The van der Waals surface area contributed by atoms with Crippen LogP contribution in [0.1, 0.15) is 67.2 Å². The second-order valence-corrected chi connectivity index (χ2v) is 8.24. The minimum Gasteiger partial charge on any atom is -0.464 e. The molecule has 0 aromatic carbocycles. The largest absolute Gasteiger partial charge is 0.464 e. The van der Waals surface area contributed by atoms with E-state index in [1.807, 2.05) is 0 Å². The normalized spacial score (nSPS) is 20.6. The topological polar surface area (TPSA) is 81.4 Å². The maximum absolute atomic E-state index is 11.9. The lowest BCUT2D eigenvalue weighted by Gasteiger charge is -2.33. The predicted octanol–water partition coefficient (Wildman–Crippen LogP) is 3.49. The van der Waals surface area contributed by atoms with Gasteiger partial charge in [0.15, 0.2) is 0 Å². The Bertz CT molecular complexity index is 562. The molecule has 0 heterocycles. The average Bonchev–Trinajstić information content (AvgIpc) is 2.53. The molecule has 0 aromatic rings. The van der Waals surface area contributed by atoms with E-state index in [4.69, 9.17) is 10.5 Å². The Morgan fingerprint density at radius 3 is 2.54 bits per heavy atom. The Hall–Kier alpha value is -1.62. The lowest BCUT2D eigenvalue weighted by Crippen LogP contribution is -2.46. The summed E-state index contributed by atoms with van der Waals surface area (Å²) in [6.07, 6.45) is 8.89. The molecule has 0 saturated carbocycles. The van der Waals surface area contributed by atoms with Crippen molar-refractivity contribution >= 4 is 11.9 Å². The molecule has 1 rings (SSSR count). The molecule has 5 heteroatoms. The SMILES string of the molecule is CC1=C(C=CC(C)CCOC(=O)[C@H](C)NC(=O)[C@H](C)N)C(C)(C)CCC1. The smallest absolute Gasteiger partial charge is 0.328 e. The van der Waals surface area contributed by atoms with Gasteiger partial charge in [0, 0.05) is 0 Å². The summed E-state index contributed by atoms with van der Waals surface area (Å²) in [6, 6.07) is -1.33. The number of carbonyl (C=O) groups is 2. The number of carbonyl (C=O) groups excluding carboxylic acids is 2. The van der Waals surface area contributed by atoms with Gasteiger partial charge in [-0.3, -0.25) is 4.79 Å². The summed E-state index contributed by atoms with van der Waals surface area (Å²) in [5, 5.41) is 2.54. The fourth-order valence-corrected chi connectivity index (χ4v) is 3.24. The molecular formula is C21H36N2O3. The first kappa shape index (κ1) is 22.4. The van der Waals surface area contributed by atoms with E-state index in [9.17, 15) is 9.59 Å². The lowest BCUT2D eigenvalue weighted by atomic mass is 9.72. The van der Waals surface area contributed by atoms with E-state index in [0.717, 1.165) is 6.42 Å². The van der Waals surface area contributed by atoms with E-state index in [1.54, 1.807) is 13.8 Å². The van der Waals surface area contributed by atoms with Crippen molar-refractivity contribution in [1.82, 2.24) is 5.32 Å². The van der Waals surface area contributed by atoms with Gasteiger partial charge < -0.3 is 15.8 Å². The Morgan fingerprint density at radius 2 is 1.96 bits per heavy atom. The van der Waals surface area contributed by atoms with Crippen LogP contribution in [0.3, 0.4) is 0 Å². The fraction of sp³-hybridized carbons (Fsp3) is 0.714. The zero-order valence-corrected chi connectivity index (χ0v) is 17.2. The summed E-state index contributed by atoms with van der Waals surface area (Å²) < 4.78 is 5.27. The molecule has 0 spiro atoms. The Morgan fingerprint density at radius 1 is 1.31 bits per heavy atom. The molecule has 3 N–H and O–H groups in total. The second kappa shape index (κ2) is 9.91. The van der Waals surface area contributed by atoms with E-state index >= 15 is 0 Å². The average molecular weight is 365 g/mol. The molecule has 5 nitrogen and oxygen atoms in total. The molecule has 0 saturated heterocycles. The Labute approximate surface area is 158 Å². The maximum Gasteiger partial charge on any atom is 0.328 e. The van der Waals surface area contributed by atoms with Crippen LogP contribution in [0.4, 0.5) is 0 Å². The van der Waals surface area contributed by atoms with Gasteiger partial charge in [-0.05, 0) is 63.4 Å². The molecule has 148 valence electrons. The third kappa shape index (κ3) is 6.94. The molecule has 0 aliphatic heterocycles. The number of rotatable bonds is 8. The predicted molar refractivity (Wildman–Crippen MR) is 105 cm³/mol. The van der Waals surface area contributed by atoms with Gasteiger partial charge in [0.25, 0.3) is 0 Å². The highest BCUT2D eigenvalue weighted by Gasteiger charge is 2.26. The molecule has 0 fully saturated rings. The minimum atomic E-state index is -0.685. The first-order chi connectivity index (χ1) is 12.0. The Balaban J connectivity index is 2.44. The van der Waals surface area contributed by atoms with Crippen molar-refractivity contribution in [3.05, 3.63) is 23.3 Å². The van der Waals surface area contributed by atoms with Crippen molar-refractivity contribution < 1.29 is 14.3 Å². The van der Waals surface area contributed by atoms with Gasteiger partial charge in [0.05, 0.1) is 12.6 Å². The number of nitrogens with one attached hydrogen (secondary N) is 1. The molecule has 3 atom stereocenters. The maximum atomic E-state index is 11.9. The van der Waals surface area contributed by atoms with Gasteiger partial charge in [-0.15, -0.1) is 0 Å². The summed E-state index contributed by atoms with van der Waals surface area (Å²) in [4.78, 5) is 23.4. The number of nitrogens with two attached hydrogens (primary N) is 1. The van der Waals surface area contributed by atoms with Crippen molar-refractivity contribution in [2.75, 3.05) is 6.61 Å². The molecule has 1 aliphatic rings. The van der Waals surface area contributed by atoms with Gasteiger partial charge in [0.1, 0.15) is 6.04 Å². The van der Waals surface area contributed by atoms with Crippen LogP contribution in [0.2, 0.25) is 0 Å². The van der Waals surface area contributed by atoms with Crippen molar-refractivity contribution in [3.63, 3.8) is 0 Å². The summed E-state index contributed by atoms with van der Waals surface area (Å²) in [5.74, 6) is -0.471. The van der Waals surface area contributed by atoms with Gasteiger partial charge in [-0.25, -0.2) is 4.79 Å². The van der Waals surface area contributed by atoms with E-state index in [0.29, 0.717) is 12.5 Å². The summed E-state index contributed by atoms with van der Waals surface area (Å²) >= 11 is 0. The number of ether oxygens (including phenoxy) is 1. The van der Waals surface area contributed by atoms with Crippen LogP contribution in [0.15, 0.2) is 23.3 Å². The van der Waals surface area contributed by atoms with Crippen LogP contribution in [0, 0.1) is 11.3 Å². The zero-order valence-electron chi connectivity index (χ0n) is 17.2. The summed E-state index contributed by atoms with van der Waals surface area (Å²) in [5.41, 5.74) is 8.63. The van der Waals surface area contributed by atoms with Gasteiger partial charge in [0.2, 0.25) is 5.91 Å². The third-order valence-corrected chi connectivity index (χ3v) is 5.08. The molecular weight excluding hydrogens is 328 g/mol. The number of amides is 1. The number of allylic oxidation sites excluding steroid dienone is 4. The van der Waals surface area contributed by atoms with Crippen molar-refractivity contribution in [2.45, 2.75) is 79.3 Å². The van der Waals surface area contributed by atoms with E-state index in [1.165, 1.54) is 30.4 Å². The Kier molecular flexibility index (Phi) is 8.54. The van der Waals surface area contributed by atoms with E-state index in [-0.39, 0.29) is 11.3 Å². The molecule has 26 heavy (non-hydrogen) atoms. The van der Waals surface area contributed by atoms with Crippen LogP contribution in [0.25, 0.3) is 0 Å². The highest BCUT2D eigenvalue weighted by atomic mass is 16.5. The first-order valence-electron chi connectivity index (χ1n) is 9.65. The third-order valence-electron chi connectivity index (χ3n) is 5.08. The van der Waals surface area contributed by atoms with Crippen LogP contribution in [-0.2, 0) is 14.3 Å². The molecule has 0 aromatic heterocycles. The zero-order chi connectivity index (χ0) is 19.9. The highest BCUT2D eigenvalue weighted by Crippen LogP contribution is 2.40. The molecule has 1 aliphatic carbocycles. The number of esters is 1. The molecule has 1 unspecified atom stereocenters. The minimum absolute atomic E-state index is 0.235. The summed E-state index contributed by atoms with van der Waals surface area (Å²) in [6.45, 7) is 12.5. The molecule has 1 amide bonds. The van der Waals surface area contributed by atoms with Crippen LogP contribution >= 0.6 is 0 Å². The number of hydrogen-bond acceptors (Lipinski definition) is 4. The quantitative estimate of drug-likeness (QED) is 0.646. The highest BCUT2D eigenvalue weighted by molar-refractivity contribution is 5.86. The monoisotopic (exact) mass is 364 g/mol. The first-order valence-corrected chi connectivity index (χ1v) is 9.65. The fourth-order valence-electron chi connectivity index (χ4n) is 3.24. The van der Waals surface area contributed by atoms with Crippen molar-refractivity contribution in [2.24, 2.45) is 17.1 Å². The molecule has 0 bridgehead atoms. The summed E-state index contributed by atoms with van der Waals surface area (Å²) in [7, 11) is 0. The van der Waals surface area contributed by atoms with E-state index < -0.39 is 18.1 Å². The van der Waals surface area contributed by atoms with Gasteiger partial charge in [-0.1, -0.05) is 38.5 Å². The van der Waals surface area contributed by atoms with Crippen molar-refractivity contribution in [3.8, 4) is 0 Å². The van der Waals surface area contributed by atoms with Crippen LogP contribution in [-0.4, -0.2) is 30.6 Å². The van der Waals surface area contributed by atoms with Gasteiger partial charge in [-0.2, -0.15) is 0 Å². The standard InChI is InChI=1S/C21H36N2O3/c1-14(9-10-18-15(2)8-7-12-21(18,5)6)11-13-26-20(25)17(4)23-19(24)16(3)22/h9-10,14,16-17H,7-8,11-13,22H2,1-6H3,(H,23,24)/t14?,16-,17-/m0/s1. The van der Waals surface area contributed by atoms with Gasteiger partial charge >= 0.3 is 5.97 Å². The van der Waals surface area contributed by atoms with E-state index in [2.05, 4.69) is 45.2 Å². The number of hydrogen-bond donors (Lipinski definition) is 2. The molecule has 0 radical (unpaired) electrons.